The molecule has 0 aliphatic carbocycles. The summed E-state index contributed by atoms with van der Waals surface area (Å²) in [6.07, 6.45) is 6.01. The summed E-state index contributed by atoms with van der Waals surface area (Å²) in [6.45, 7) is 2.75. The molecule has 1 aliphatic heterocycles. The van der Waals surface area contributed by atoms with Gasteiger partial charge in [-0.2, -0.15) is 0 Å². The Morgan fingerprint density at radius 3 is 2.95 bits per heavy atom. The van der Waals surface area contributed by atoms with Gasteiger partial charge in [0.25, 0.3) is 0 Å². The van der Waals surface area contributed by atoms with E-state index in [0.29, 0.717) is 12.5 Å². The molecule has 2 heterocycles. The molecule has 0 radical (unpaired) electrons. The monoisotopic (exact) mass is 300 g/mol. The summed E-state index contributed by atoms with van der Waals surface area (Å²) >= 11 is 0. The van der Waals surface area contributed by atoms with Crippen molar-refractivity contribution in [3.63, 3.8) is 0 Å². The average Bonchev–Trinajstić information content (AvgIpc) is 2.54. The Morgan fingerprint density at radius 2 is 2.23 bits per heavy atom. The van der Waals surface area contributed by atoms with Gasteiger partial charge < -0.3 is 10.2 Å². The number of nitrogens with zero attached hydrogens (tertiary/aromatic N) is 3. The van der Waals surface area contributed by atoms with E-state index in [-0.39, 0.29) is 5.82 Å². The first-order valence-corrected chi connectivity index (χ1v) is 7.69. The first-order chi connectivity index (χ1) is 10.7. The van der Waals surface area contributed by atoms with Crippen LogP contribution in [0.2, 0.25) is 0 Å². The minimum absolute atomic E-state index is 0.220. The van der Waals surface area contributed by atoms with E-state index in [1.807, 2.05) is 12.3 Å². The van der Waals surface area contributed by atoms with Crippen LogP contribution in [0.4, 0.5) is 10.2 Å². The van der Waals surface area contributed by atoms with Crippen LogP contribution in [-0.2, 0) is 6.54 Å². The zero-order chi connectivity index (χ0) is 15.4. The number of hydrogen-bond donors (Lipinski definition) is 1. The van der Waals surface area contributed by atoms with E-state index in [4.69, 9.17) is 0 Å². The second-order valence-corrected chi connectivity index (χ2v) is 5.91. The average molecular weight is 300 g/mol. The molecule has 1 fully saturated rings. The molecule has 3 rings (SSSR count). The van der Waals surface area contributed by atoms with Crippen LogP contribution in [0.5, 0.6) is 0 Å². The van der Waals surface area contributed by atoms with Crippen molar-refractivity contribution in [1.29, 1.82) is 0 Å². The third-order valence-electron chi connectivity index (χ3n) is 4.08. The number of aromatic nitrogens is 2. The molecule has 4 nitrogen and oxygen atoms in total. The minimum atomic E-state index is -0.220. The van der Waals surface area contributed by atoms with Crippen LogP contribution in [0.25, 0.3) is 0 Å². The van der Waals surface area contributed by atoms with Gasteiger partial charge in [0, 0.05) is 19.0 Å². The molecule has 0 bridgehead atoms. The van der Waals surface area contributed by atoms with E-state index < -0.39 is 0 Å². The Hall–Kier alpha value is -2.01. The lowest BCUT2D eigenvalue weighted by Crippen LogP contribution is -2.31. The van der Waals surface area contributed by atoms with Gasteiger partial charge in [-0.3, -0.25) is 4.98 Å². The van der Waals surface area contributed by atoms with E-state index in [2.05, 4.69) is 27.2 Å². The third-order valence-corrected chi connectivity index (χ3v) is 4.08. The van der Waals surface area contributed by atoms with Crippen molar-refractivity contribution < 1.29 is 4.39 Å². The number of halogens is 1. The number of benzene rings is 1. The van der Waals surface area contributed by atoms with E-state index in [9.17, 15) is 4.39 Å². The van der Waals surface area contributed by atoms with Crippen LogP contribution in [0.1, 0.15) is 30.0 Å². The molecule has 5 heteroatoms. The predicted octanol–water partition coefficient (Wildman–Crippen LogP) is 3.04. The summed E-state index contributed by atoms with van der Waals surface area (Å²) in [5.74, 6) is 0.975. The van der Waals surface area contributed by atoms with Crippen molar-refractivity contribution in [1.82, 2.24) is 14.9 Å². The third kappa shape index (κ3) is 3.80. The van der Waals surface area contributed by atoms with Gasteiger partial charge >= 0.3 is 0 Å². The minimum Gasteiger partial charge on any atom is -0.365 e. The lowest BCUT2D eigenvalue weighted by molar-refractivity contribution is 0.248. The van der Waals surface area contributed by atoms with Gasteiger partial charge in [0.05, 0.1) is 18.1 Å². The first-order valence-electron chi connectivity index (χ1n) is 7.69. The Morgan fingerprint density at radius 1 is 1.32 bits per heavy atom. The lowest BCUT2D eigenvalue weighted by atomic mass is 9.95. The number of nitrogens with one attached hydrogen (secondary N) is 1. The van der Waals surface area contributed by atoms with Gasteiger partial charge in [-0.1, -0.05) is 12.1 Å². The van der Waals surface area contributed by atoms with Crippen LogP contribution in [-0.4, -0.2) is 35.0 Å². The number of piperidine rings is 1. The topological polar surface area (TPSA) is 41.1 Å². The molecule has 1 unspecified atom stereocenters. The Bertz CT molecular complexity index is 614. The quantitative estimate of drug-likeness (QED) is 0.942. The number of anilines is 1. The largest absolute Gasteiger partial charge is 0.365 e. The molecule has 0 spiro atoms. The summed E-state index contributed by atoms with van der Waals surface area (Å²) in [6, 6.07) is 6.56. The Labute approximate surface area is 130 Å². The Kier molecular flexibility index (Phi) is 4.63. The molecule has 1 atom stereocenters. The molecule has 1 aromatic carbocycles. The van der Waals surface area contributed by atoms with Gasteiger partial charge in [0.2, 0.25) is 0 Å². The number of hydrogen-bond acceptors (Lipinski definition) is 4. The van der Waals surface area contributed by atoms with E-state index >= 15 is 0 Å². The molecule has 1 aromatic heterocycles. The highest BCUT2D eigenvalue weighted by Gasteiger charge is 2.20. The highest BCUT2D eigenvalue weighted by atomic mass is 19.1. The first kappa shape index (κ1) is 14.9. The molecular weight excluding hydrogens is 279 g/mol. The molecular formula is C17H21FN4. The molecule has 0 saturated carbocycles. The van der Waals surface area contributed by atoms with Crippen LogP contribution in [0.3, 0.4) is 0 Å². The fourth-order valence-corrected chi connectivity index (χ4v) is 2.89. The van der Waals surface area contributed by atoms with Crippen LogP contribution >= 0.6 is 0 Å². The second-order valence-electron chi connectivity index (χ2n) is 5.91. The highest BCUT2D eigenvalue weighted by Crippen LogP contribution is 2.24. The maximum absolute atomic E-state index is 13.1. The van der Waals surface area contributed by atoms with E-state index in [1.54, 1.807) is 12.3 Å². The molecule has 116 valence electrons. The summed E-state index contributed by atoms with van der Waals surface area (Å²) in [5, 5.41) is 3.18. The maximum Gasteiger partial charge on any atom is 0.144 e. The zero-order valence-corrected chi connectivity index (χ0v) is 12.8. The van der Waals surface area contributed by atoms with Gasteiger partial charge in [-0.25, -0.2) is 9.37 Å². The van der Waals surface area contributed by atoms with Crippen molar-refractivity contribution in [2.75, 3.05) is 25.5 Å². The van der Waals surface area contributed by atoms with Crippen molar-refractivity contribution in [2.45, 2.75) is 25.3 Å². The normalized spacial score (nSPS) is 19.1. The van der Waals surface area contributed by atoms with Crippen LogP contribution < -0.4 is 5.32 Å². The van der Waals surface area contributed by atoms with Gasteiger partial charge in [-0.15, -0.1) is 0 Å². The molecule has 2 aromatic rings. The Balaban J connectivity index is 1.59. The second kappa shape index (κ2) is 6.83. The summed E-state index contributed by atoms with van der Waals surface area (Å²) < 4.78 is 13.1. The van der Waals surface area contributed by atoms with Gasteiger partial charge in [-0.05, 0) is 44.1 Å². The van der Waals surface area contributed by atoms with Gasteiger partial charge in [0.1, 0.15) is 11.6 Å². The van der Waals surface area contributed by atoms with Crippen LogP contribution in [0, 0.1) is 5.82 Å². The molecule has 1 saturated heterocycles. The maximum atomic E-state index is 13.1. The van der Waals surface area contributed by atoms with Gasteiger partial charge in [0.15, 0.2) is 0 Å². The number of likely N-dealkylation sites (N-methyl/N-ethyl adjacent to an activating group) is 1. The molecule has 0 amide bonds. The van der Waals surface area contributed by atoms with Crippen molar-refractivity contribution in [3.8, 4) is 0 Å². The standard InChI is InChI=1S/C17H21FN4/c1-22-7-3-5-14(12-22)16-10-21-17(11-19-16)20-9-13-4-2-6-15(18)8-13/h2,4,6,8,10-11,14H,3,5,7,9,12H2,1H3,(H,20,21). The fourth-order valence-electron chi connectivity index (χ4n) is 2.89. The van der Waals surface area contributed by atoms with E-state index in [1.165, 1.54) is 25.0 Å². The number of likely N-dealkylation sites (tertiary alicyclic amines) is 1. The van der Waals surface area contributed by atoms with Crippen LogP contribution in [0.15, 0.2) is 36.7 Å². The SMILES string of the molecule is CN1CCCC(c2cnc(NCc3cccc(F)c3)cn2)C1. The smallest absolute Gasteiger partial charge is 0.144 e. The fraction of sp³-hybridized carbons (Fsp3) is 0.412. The van der Waals surface area contributed by atoms with Crippen molar-refractivity contribution in [2.24, 2.45) is 0 Å². The molecule has 1 aliphatic rings. The zero-order valence-electron chi connectivity index (χ0n) is 12.8. The van der Waals surface area contributed by atoms with E-state index in [0.717, 1.165) is 30.2 Å². The number of rotatable bonds is 4. The summed E-state index contributed by atoms with van der Waals surface area (Å²) in [7, 11) is 2.15. The summed E-state index contributed by atoms with van der Waals surface area (Å²) in [5.41, 5.74) is 1.95. The van der Waals surface area contributed by atoms with Crippen molar-refractivity contribution in [3.05, 3.63) is 53.7 Å². The molecule has 22 heavy (non-hydrogen) atoms. The predicted molar refractivity (Wildman–Crippen MR) is 85.2 cm³/mol. The lowest BCUT2D eigenvalue weighted by Gasteiger charge is -2.29. The van der Waals surface area contributed by atoms with Crippen molar-refractivity contribution >= 4 is 5.82 Å². The highest BCUT2D eigenvalue weighted by molar-refractivity contribution is 5.33. The summed E-state index contributed by atoms with van der Waals surface area (Å²) in [4.78, 5) is 11.3. The molecule has 1 N–H and O–H groups in total.